The third-order valence-corrected chi connectivity index (χ3v) is 6.11. The number of ether oxygens (including phenoxy) is 2. The van der Waals surface area contributed by atoms with Gasteiger partial charge in [-0.05, 0) is 56.9 Å². The molecule has 1 amide bonds. The molecule has 2 aromatic rings. The molecule has 1 aromatic carbocycles. The highest BCUT2D eigenvalue weighted by Crippen LogP contribution is 2.32. The van der Waals surface area contributed by atoms with Crippen LogP contribution in [-0.4, -0.2) is 43.8 Å². The van der Waals surface area contributed by atoms with Crippen LogP contribution in [0.25, 0.3) is 0 Å². The van der Waals surface area contributed by atoms with Gasteiger partial charge >= 0.3 is 0 Å². The van der Waals surface area contributed by atoms with E-state index in [1.807, 2.05) is 19.1 Å². The Hall–Kier alpha value is -2.84. The largest absolute Gasteiger partial charge is 0.496 e. The maximum Gasteiger partial charge on any atom is 0.256 e. The summed E-state index contributed by atoms with van der Waals surface area (Å²) in [5.74, 6) is 0.219. The molecule has 1 aliphatic rings. The number of hydrogen-bond donors (Lipinski definition) is 3. The van der Waals surface area contributed by atoms with Gasteiger partial charge < -0.3 is 30.4 Å². The van der Waals surface area contributed by atoms with E-state index in [0.29, 0.717) is 35.2 Å². The number of H-pyrrole nitrogens is 1. The molecule has 8 nitrogen and oxygen atoms in total. The normalized spacial score (nSPS) is 14.3. The van der Waals surface area contributed by atoms with Crippen molar-refractivity contribution in [3.63, 3.8) is 0 Å². The van der Waals surface area contributed by atoms with Gasteiger partial charge in [0.15, 0.2) is 0 Å². The van der Waals surface area contributed by atoms with Crippen molar-refractivity contribution in [2.45, 2.75) is 52.7 Å². The van der Waals surface area contributed by atoms with Gasteiger partial charge in [0.05, 0.1) is 19.2 Å². The predicted molar refractivity (Wildman–Crippen MR) is 125 cm³/mol. The fourth-order valence-electron chi connectivity index (χ4n) is 4.46. The first-order chi connectivity index (χ1) is 15.4. The van der Waals surface area contributed by atoms with E-state index >= 15 is 0 Å². The van der Waals surface area contributed by atoms with E-state index in [-0.39, 0.29) is 18.0 Å². The van der Waals surface area contributed by atoms with Gasteiger partial charge in [-0.3, -0.25) is 9.59 Å². The van der Waals surface area contributed by atoms with Crippen molar-refractivity contribution in [3.05, 3.63) is 56.5 Å². The average molecular weight is 443 g/mol. The van der Waals surface area contributed by atoms with Gasteiger partial charge in [0, 0.05) is 49.3 Å². The molecule has 32 heavy (non-hydrogen) atoms. The van der Waals surface area contributed by atoms with E-state index in [4.69, 9.17) is 15.2 Å². The van der Waals surface area contributed by atoms with Crippen LogP contribution < -0.4 is 26.2 Å². The fraction of sp³-hybridized carbons (Fsp3) is 0.500. The summed E-state index contributed by atoms with van der Waals surface area (Å²) in [6, 6.07) is 5.84. The molecule has 4 N–H and O–H groups in total. The zero-order valence-corrected chi connectivity index (χ0v) is 19.4. The van der Waals surface area contributed by atoms with E-state index in [1.165, 1.54) is 7.11 Å². The number of nitrogens with zero attached hydrogens (tertiary/aromatic N) is 1. The van der Waals surface area contributed by atoms with Gasteiger partial charge in [-0.2, -0.15) is 0 Å². The van der Waals surface area contributed by atoms with Crippen molar-refractivity contribution in [2.75, 3.05) is 31.8 Å². The van der Waals surface area contributed by atoms with Gasteiger partial charge in [0.25, 0.3) is 11.5 Å². The number of benzene rings is 1. The van der Waals surface area contributed by atoms with Gasteiger partial charge in [0.1, 0.15) is 5.75 Å². The molecule has 2 heterocycles. The number of carbonyl (C=O) groups excluding carboxylic acids is 1. The molecule has 0 unspecified atom stereocenters. The van der Waals surface area contributed by atoms with Crippen LogP contribution in [0.15, 0.2) is 23.0 Å². The summed E-state index contributed by atoms with van der Waals surface area (Å²) < 4.78 is 10.9. The summed E-state index contributed by atoms with van der Waals surface area (Å²) in [5.41, 5.74) is 10.4. The van der Waals surface area contributed by atoms with Gasteiger partial charge in [-0.25, -0.2) is 0 Å². The molecule has 0 radical (unpaired) electrons. The minimum atomic E-state index is -0.269. The van der Waals surface area contributed by atoms with Gasteiger partial charge in [-0.15, -0.1) is 0 Å². The van der Waals surface area contributed by atoms with Crippen molar-refractivity contribution in [1.29, 1.82) is 0 Å². The summed E-state index contributed by atoms with van der Waals surface area (Å²) in [5, 5.41) is 2.88. The highest BCUT2D eigenvalue weighted by Gasteiger charge is 2.26. The van der Waals surface area contributed by atoms with Crippen LogP contribution in [-0.2, 0) is 17.8 Å². The number of nitrogens with two attached hydrogens (primary N) is 1. The highest BCUT2D eigenvalue weighted by atomic mass is 16.5. The zero-order valence-electron chi connectivity index (χ0n) is 19.4. The summed E-state index contributed by atoms with van der Waals surface area (Å²) in [4.78, 5) is 30.6. The van der Waals surface area contributed by atoms with E-state index in [1.54, 1.807) is 13.0 Å². The second-order valence-electron chi connectivity index (χ2n) is 8.09. The summed E-state index contributed by atoms with van der Waals surface area (Å²) in [6.07, 6.45) is 1.90. The molecule has 8 heteroatoms. The Morgan fingerprint density at radius 1 is 1.31 bits per heavy atom. The van der Waals surface area contributed by atoms with Gasteiger partial charge in [0.2, 0.25) is 0 Å². The number of nitrogens with one attached hydrogen (secondary N) is 2. The van der Waals surface area contributed by atoms with Crippen molar-refractivity contribution in [1.82, 2.24) is 10.3 Å². The molecular formula is C24H34N4O4. The molecule has 0 aliphatic carbocycles. The maximum absolute atomic E-state index is 13.1. The minimum absolute atomic E-state index is 0.0719. The Morgan fingerprint density at radius 3 is 2.66 bits per heavy atom. The molecule has 0 saturated carbocycles. The molecule has 0 atom stereocenters. The molecular weight excluding hydrogens is 408 g/mol. The van der Waals surface area contributed by atoms with Crippen molar-refractivity contribution in [3.8, 4) is 5.75 Å². The number of aromatic nitrogens is 1. The molecule has 0 bridgehead atoms. The van der Waals surface area contributed by atoms with Gasteiger partial charge in [-0.1, -0.05) is 6.07 Å². The first kappa shape index (κ1) is 23.8. The monoisotopic (exact) mass is 442 g/mol. The minimum Gasteiger partial charge on any atom is -0.496 e. The lowest BCUT2D eigenvalue weighted by Crippen LogP contribution is -2.41. The van der Waals surface area contributed by atoms with Crippen LogP contribution in [0.4, 0.5) is 5.69 Å². The Balaban J connectivity index is 1.89. The molecule has 3 rings (SSSR count). The smallest absolute Gasteiger partial charge is 0.256 e. The quantitative estimate of drug-likeness (QED) is 0.579. The number of rotatable bonds is 8. The Kier molecular flexibility index (Phi) is 7.93. The Morgan fingerprint density at radius 2 is 2.03 bits per heavy atom. The number of hydrogen-bond acceptors (Lipinski definition) is 6. The van der Waals surface area contributed by atoms with E-state index in [0.717, 1.165) is 49.4 Å². The lowest BCUT2D eigenvalue weighted by molar-refractivity contribution is 0.0845. The van der Waals surface area contributed by atoms with Crippen LogP contribution in [0.2, 0.25) is 0 Å². The number of pyridine rings is 1. The third kappa shape index (κ3) is 4.97. The average Bonchev–Trinajstić information content (AvgIpc) is 2.79. The van der Waals surface area contributed by atoms with Crippen molar-refractivity contribution >= 4 is 11.6 Å². The van der Waals surface area contributed by atoms with Crippen LogP contribution in [0.5, 0.6) is 5.75 Å². The lowest BCUT2D eigenvalue weighted by Gasteiger charge is -2.37. The predicted octanol–water partition coefficient (Wildman–Crippen LogP) is 2.39. The Bertz CT molecular complexity index is 1010. The number of anilines is 1. The van der Waals surface area contributed by atoms with E-state index in [9.17, 15) is 9.59 Å². The molecule has 1 fully saturated rings. The van der Waals surface area contributed by atoms with Crippen LogP contribution in [0, 0.1) is 13.8 Å². The second kappa shape index (κ2) is 10.7. The first-order valence-corrected chi connectivity index (χ1v) is 11.1. The molecule has 1 aromatic heterocycles. The topological polar surface area (TPSA) is 110 Å². The number of aromatic amines is 1. The summed E-state index contributed by atoms with van der Waals surface area (Å²) in [7, 11) is 1.51. The van der Waals surface area contributed by atoms with Crippen molar-refractivity contribution < 1.29 is 14.3 Å². The van der Waals surface area contributed by atoms with Crippen LogP contribution >= 0.6 is 0 Å². The van der Waals surface area contributed by atoms with Crippen molar-refractivity contribution in [2.24, 2.45) is 5.73 Å². The first-order valence-electron chi connectivity index (χ1n) is 11.1. The Labute approximate surface area is 189 Å². The van der Waals surface area contributed by atoms with E-state index in [2.05, 4.69) is 22.1 Å². The lowest BCUT2D eigenvalue weighted by atomic mass is 9.97. The number of carbonyl (C=O) groups is 1. The second-order valence-corrected chi connectivity index (χ2v) is 8.09. The third-order valence-electron chi connectivity index (χ3n) is 6.11. The number of amides is 1. The number of aryl methyl sites for hydroxylation is 1. The van der Waals surface area contributed by atoms with Crippen LogP contribution in [0.1, 0.15) is 52.5 Å². The number of methoxy groups -OCH3 is 1. The summed E-state index contributed by atoms with van der Waals surface area (Å²) >= 11 is 0. The molecule has 1 aliphatic heterocycles. The zero-order chi connectivity index (χ0) is 23.3. The van der Waals surface area contributed by atoms with Crippen LogP contribution in [0.3, 0.4) is 0 Å². The summed E-state index contributed by atoms with van der Waals surface area (Å²) in [6.45, 7) is 8.64. The van der Waals surface area contributed by atoms with E-state index < -0.39 is 0 Å². The molecule has 1 saturated heterocycles. The fourth-order valence-corrected chi connectivity index (χ4v) is 4.46. The SMILES string of the molecule is CCN(c1c(CN)ccc(C(=O)NCc2c(OC)cc(C)[nH]c2=O)c1C)C1CCOCC1. The maximum atomic E-state index is 13.1. The molecule has 174 valence electrons. The molecule has 0 spiro atoms. The standard InChI is InChI=1S/C24H34N4O4/c1-5-28(18-8-10-32-11-9-18)22-16(3)19(7-6-17(22)13-25)23(29)26-14-20-21(31-4)12-15(2)27-24(20)30/h6-7,12,18H,5,8-11,13-14,25H2,1-4H3,(H,26,29)(H,27,30). The highest BCUT2D eigenvalue weighted by molar-refractivity contribution is 5.97.